The predicted molar refractivity (Wildman–Crippen MR) is 101 cm³/mol. The van der Waals surface area contributed by atoms with Crippen LogP contribution in [0.4, 0.5) is 0 Å². The molecule has 28 heavy (non-hydrogen) atoms. The maximum atomic E-state index is 13.0. The Morgan fingerprint density at radius 1 is 1.14 bits per heavy atom. The molecule has 1 aromatic carbocycles. The van der Waals surface area contributed by atoms with Crippen LogP contribution in [0.25, 0.3) is 10.9 Å². The number of rotatable bonds is 4. The van der Waals surface area contributed by atoms with E-state index in [1.54, 1.807) is 0 Å². The number of fused-ring (bicyclic) bond motifs is 1. The van der Waals surface area contributed by atoms with Gasteiger partial charge in [0, 0.05) is 32.7 Å². The first-order valence-electron chi connectivity index (χ1n) is 9.06. The van der Waals surface area contributed by atoms with Gasteiger partial charge >= 0.3 is 5.69 Å². The molecule has 2 saturated heterocycles. The first kappa shape index (κ1) is 19.3. The van der Waals surface area contributed by atoms with Crippen LogP contribution >= 0.6 is 0 Å². The Bertz CT molecular complexity index is 1100. The Morgan fingerprint density at radius 2 is 1.89 bits per heavy atom. The van der Waals surface area contributed by atoms with Gasteiger partial charge in [-0.25, -0.2) is 13.2 Å². The van der Waals surface area contributed by atoms with Gasteiger partial charge in [-0.2, -0.15) is 4.31 Å². The van der Waals surface area contributed by atoms with Gasteiger partial charge in [0.1, 0.15) is 0 Å². The molecule has 1 aromatic heterocycles. The van der Waals surface area contributed by atoms with Crippen LogP contribution in [0.3, 0.4) is 0 Å². The molecule has 0 spiro atoms. The number of H-pyrrole nitrogens is 2. The third-order valence-electron chi connectivity index (χ3n) is 5.27. The molecule has 3 N–H and O–H groups in total. The Balaban J connectivity index is 1.58. The molecule has 3 heterocycles. The molecule has 0 aliphatic carbocycles. The maximum absolute atomic E-state index is 13.0. The van der Waals surface area contributed by atoms with E-state index in [1.807, 2.05) is 0 Å². The molecule has 10 nitrogen and oxygen atoms in total. The second-order valence-corrected chi connectivity index (χ2v) is 9.26. The van der Waals surface area contributed by atoms with Gasteiger partial charge in [-0.1, -0.05) is 0 Å². The fourth-order valence-corrected chi connectivity index (χ4v) is 5.33. The monoisotopic (exact) mass is 410 g/mol. The molecule has 0 saturated carbocycles. The minimum atomic E-state index is -3.88. The van der Waals surface area contributed by atoms with Gasteiger partial charge in [0.15, 0.2) is 0 Å². The number of β-amino-alcohol motifs (C(OH)–C–C–N with tert-alkyl or cyclic N) is 1. The van der Waals surface area contributed by atoms with Crippen molar-refractivity contribution < 1.29 is 18.3 Å². The van der Waals surface area contributed by atoms with Gasteiger partial charge in [-0.15, -0.1) is 0 Å². The summed E-state index contributed by atoms with van der Waals surface area (Å²) in [4.78, 5) is 29.9. The summed E-state index contributed by atoms with van der Waals surface area (Å²) in [6, 6.07) is 4.00. The smallest absolute Gasteiger partial charge is 0.326 e. The van der Waals surface area contributed by atoms with Crippen molar-refractivity contribution in [3.63, 3.8) is 0 Å². The minimum Gasteiger partial charge on any atom is -0.387 e. The van der Waals surface area contributed by atoms with Crippen molar-refractivity contribution in [3.8, 4) is 0 Å². The van der Waals surface area contributed by atoms with Gasteiger partial charge in [-0.05, 0) is 24.6 Å². The molecule has 0 radical (unpaired) electrons. The Labute approximate surface area is 160 Å². The third-order valence-corrected chi connectivity index (χ3v) is 7.11. The number of hydrogen-bond acceptors (Lipinski definition) is 7. The average molecular weight is 410 g/mol. The first-order chi connectivity index (χ1) is 13.3. The highest BCUT2D eigenvalue weighted by atomic mass is 32.2. The van der Waals surface area contributed by atoms with E-state index in [1.165, 1.54) is 22.5 Å². The van der Waals surface area contributed by atoms with Crippen LogP contribution in [0.15, 0.2) is 32.7 Å². The molecule has 152 valence electrons. The number of benzene rings is 1. The summed E-state index contributed by atoms with van der Waals surface area (Å²) in [6.07, 6.45) is 0.338. The van der Waals surface area contributed by atoms with Crippen LogP contribution in [0.5, 0.6) is 0 Å². The summed E-state index contributed by atoms with van der Waals surface area (Å²) < 4.78 is 32.6. The highest BCUT2D eigenvalue weighted by Gasteiger charge is 2.42. The average Bonchev–Trinajstić information content (AvgIpc) is 3.04. The maximum Gasteiger partial charge on any atom is 0.326 e. The van der Waals surface area contributed by atoms with Crippen molar-refractivity contribution in [1.29, 1.82) is 0 Å². The van der Waals surface area contributed by atoms with Crippen molar-refractivity contribution in [2.45, 2.75) is 16.9 Å². The van der Waals surface area contributed by atoms with Crippen LogP contribution in [0, 0.1) is 0 Å². The summed E-state index contributed by atoms with van der Waals surface area (Å²) in [5, 5.41) is 11.0. The van der Waals surface area contributed by atoms with Gasteiger partial charge in [0.2, 0.25) is 10.0 Å². The number of sulfonamides is 1. The number of nitrogens with one attached hydrogen (secondary N) is 2. The van der Waals surface area contributed by atoms with E-state index in [0.717, 1.165) is 0 Å². The van der Waals surface area contributed by atoms with Crippen LogP contribution in [-0.2, 0) is 14.8 Å². The van der Waals surface area contributed by atoms with Crippen LogP contribution in [-0.4, -0.2) is 84.2 Å². The number of hydrogen-bond donors (Lipinski definition) is 3. The number of aliphatic hydroxyl groups is 1. The SMILES string of the molecule is O=c1[nH]c(=O)c2cc(S(=O)(=O)N3CCC(O)(CN4CCOCC4)C3)ccc2[nH]1. The molecular formula is C17H22N4O6S. The lowest BCUT2D eigenvalue weighted by molar-refractivity contribution is -0.0239. The number of aromatic amines is 2. The van der Waals surface area contributed by atoms with Crippen molar-refractivity contribution in [2.75, 3.05) is 45.9 Å². The summed E-state index contributed by atoms with van der Waals surface area (Å²) >= 11 is 0. The summed E-state index contributed by atoms with van der Waals surface area (Å²) in [5.74, 6) is 0. The minimum absolute atomic E-state index is 0.00723. The molecule has 2 aliphatic heterocycles. The fourth-order valence-electron chi connectivity index (χ4n) is 3.78. The molecule has 2 aliphatic rings. The Hall–Kier alpha value is -2.05. The molecule has 4 rings (SSSR count). The molecule has 1 unspecified atom stereocenters. The molecule has 0 bridgehead atoms. The topological polar surface area (TPSA) is 136 Å². The van der Waals surface area contributed by atoms with E-state index in [-0.39, 0.29) is 28.9 Å². The van der Waals surface area contributed by atoms with Crippen LogP contribution < -0.4 is 11.2 Å². The lowest BCUT2D eigenvalue weighted by Gasteiger charge is -2.33. The van der Waals surface area contributed by atoms with E-state index < -0.39 is 26.9 Å². The summed E-state index contributed by atoms with van der Waals surface area (Å²) in [7, 11) is -3.88. The fraction of sp³-hybridized carbons (Fsp3) is 0.529. The second kappa shape index (κ2) is 7.08. The van der Waals surface area contributed by atoms with E-state index in [2.05, 4.69) is 14.9 Å². The van der Waals surface area contributed by atoms with Crippen molar-refractivity contribution in [1.82, 2.24) is 19.2 Å². The van der Waals surface area contributed by atoms with E-state index in [0.29, 0.717) is 39.3 Å². The first-order valence-corrected chi connectivity index (χ1v) is 10.5. The lowest BCUT2D eigenvalue weighted by Crippen LogP contribution is -2.49. The zero-order valence-electron chi connectivity index (χ0n) is 15.2. The second-order valence-electron chi connectivity index (χ2n) is 7.32. The number of ether oxygens (including phenoxy) is 1. The standard InChI is InChI=1S/C17H22N4O6S/c22-15-13-9-12(1-2-14(13)18-16(23)19-15)28(25,26)21-4-3-17(24,11-21)10-20-5-7-27-8-6-20/h1-2,9,24H,3-8,10-11H2,(H2,18,19,22,23). The molecular weight excluding hydrogens is 388 g/mol. The lowest BCUT2D eigenvalue weighted by atomic mass is 10.0. The van der Waals surface area contributed by atoms with E-state index >= 15 is 0 Å². The van der Waals surface area contributed by atoms with Gasteiger partial charge in [-0.3, -0.25) is 14.7 Å². The third kappa shape index (κ3) is 3.63. The van der Waals surface area contributed by atoms with Gasteiger partial charge in [0.25, 0.3) is 5.56 Å². The largest absolute Gasteiger partial charge is 0.387 e. The van der Waals surface area contributed by atoms with Crippen LogP contribution in [0.1, 0.15) is 6.42 Å². The van der Waals surface area contributed by atoms with Gasteiger partial charge in [0.05, 0.1) is 34.6 Å². The molecule has 1 atom stereocenters. The zero-order chi connectivity index (χ0) is 19.9. The number of aromatic nitrogens is 2. The number of morpholine rings is 1. The highest BCUT2D eigenvalue weighted by molar-refractivity contribution is 7.89. The zero-order valence-corrected chi connectivity index (χ0v) is 16.0. The summed E-state index contributed by atoms with van der Waals surface area (Å²) in [5.41, 5.74) is -2.16. The van der Waals surface area contributed by atoms with Crippen molar-refractivity contribution in [2.24, 2.45) is 0 Å². The quantitative estimate of drug-likeness (QED) is 0.568. The number of nitrogens with zero attached hydrogens (tertiary/aromatic N) is 2. The normalized spacial score (nSPS) is 24.8. The van der Waals surface area contributed by atoms with Crippen LogP contribution in [0.2, 0.25) is 0 Å². The predicted octanol–water partition coefficient (Wildman–Crippen LogP) is -1.33. The Morgan fingerprint density at radius 3 is 2.64 bits per heavy atom. The molecule has 0 amide bonds. The van der Waals surface area contributed by atoms with Gasteiger partial charge < -0.3 is 14.8 Å². The van der Waals surface area contributed by atoms with E-state index in [9.17, 15) is 23.1 Å². The molecule has 11 heteroatoms. The molecule has 2 aromatic rings. The molecule has 2 fully saturated rings. The summed E-state index contributed by atoms with van der Waals surface area (Å²) in [6.45, 7) is 3.20. The van der Waals surface area contributed by atoms with E-state index in [4.69, 9.17) is 4.74 Å². The Kier molecular flexibility index (Phi) is 4.88. The van der Waals surface area contributed by atoms with Crippen molar-refractivity contribution in [3.05, 3.63) is 39.0 Å². The van der Waals surface area contributed by atoms with Crippen molar-refractivity contribution >= 4 is 20.9 Å². The highest BCUT2D eigenvalue weighted by Crippen LogP contribution is 2.29.